The number of hydrogen-bond donors (Lipinski definition) is 1. The van der Waals surface area contributed by atoms with Crippen LogP contribution in [0.25, 0.3) is 16.8 Å². The molecular formula is C22H19ClN6O2. The van der Waals surface area contributed by atoms with Gasteiger partial charge in [0, 0.05) is 30.7 Å². The third-order valence-corrected chi connectivity index (χ3v) is 5.06. The first-order valence-corrected chi connectivity index (χ1v) is 9.96. The van der Waals surface area contributed by atoms with Crippen LogP contribution in [-0.2, 0) is 13.1 Å². The maximum Gasteiger partial charge on any atom is 0.276 e. The van der Waals surface area contributed by atoms with E-state index < -0.39 is 0 Å². The number of amides is 1. The van der Waals surface area contributed by atoms with Gasteiger partial charge in [-0.2, -0.15) is 0 Å². The second-order valence-corrected chi connectivity index (χ2v) is 7.17. The van der Waals surface area contributed by atoms with Crippen molar-refractivity contribution in [3.8, 4) is 11.3 Å². The van der Waals surface area contributed by atoms with Gasteiger partial charge in [-0.25, -0.2) is 4.98 Å². The van der Waals surface area contributed by atoms with Crippen molar-refractivity contribution >= 4 is 23.0 Å². The number of nitrogens with one attached hydrogen (secondary N) is 1. The van der Waals surface area contributed by atoms with E-state index in [9.17, 15) is 9.59 Å². The minimum absolute atomic E-state index is 0.134. The van der Waals surface area contributed by atoms with Crippen LogP contribution in [0, 0.1) is 0 Å². The molecule has 0 saturated heterocycles. The van der Waals surface area contributed by atoms with Crippen LogP contribution in [0.15, 0.2) is 72.5 Å². The largest absolute Gasteiger partial charge is 0.346 e. The Bertz CT molecular complexity index is 1330. The van der Waals surface area contributed by atoms with E-state index in [1.54, 1.807) is 58.3 Å². The number of imidazole rings is 1. The number of fused-ring (bicyclic) bond motifs is 1. The summed E-state index contributed by atoms with van der Waals surface area (Å²) in [5.74, 6) is -0.312. The fraction of sp³-hybridized carbons (Fsp3) is 0.136. The molecule has 156 valence electrons. The Morgan fingerprint density at radius 1 is 1.23 bits per heavy atom. The van der Waals surface area contributed by atoms with Crippen molar-refractivity contribution in [1.29, 1.82) is 0 Å². The van der Waals surface area contributed by atoms with Gasteiger partial charge in [-0.05, 0) is 19.1 Å². The Morgan fingerprint density at radius 2 is 2.10 bits per heavy atom. The predicted octanol–water partition coefficient (Wildman–Crippen LogP) is 3.11. The minimum Gasteiger partial charge on any atom is -0.346 e. The fourth-order valence-corrected chi connectivity index (χ4v) is 3.44. The summed E-state index contributed by atoms with van der Waals surface area (Å²) in [6.45, 7) is 2.59. The highest BCUT2D eigenvalue weighted by Crippen LogP contribution is 2.26. The number of halogens is 1. The molecule has 0 fully saturated rings. The Labute approximate surface area is 182 Å². The van der Waals surface area contributed by atoms with E-state index >= 15 is 0 Å². The first kappa shape index (κ1) is 20.5. The summed E-state index contributed by atoms with van der Waals surface area (Å²) in [5.41, 5.74) is 2.82. The van der Waals surface area contributed by atoms with Gasteiger partial charge >= 0.3 is 0 Å². The van der Waals surface area contributed by atoms with E-state index in [0.717, 1.165) is 11.3 Å². The number of aromatic nitrogens is 5. The lowest BCUT2D eigenvalue weighted by atomic mass is 10.1. The normalized spacial score (nSPS) is 11.3. The molecule has 0 aliphatic heterocycles. The van der Waals surface area contributed by atoms with Gasteiger partial charge in [0.05, 0.1) is 47.2 Å². The number of carbonyl (C=O) groups excluding carboxylic acids is 1. The van der Waals surface area contributed by atoms with Crippen LogP contribution < -0.4 is 10.9 Å². The Hall–Kier alpha value is -3.78. The molecular weight excluding hydrogens is 416 g/mol. The van der Waals surface area contributed by atoms with Gasteiger partial charge in [0.15, 0.2) is 0 Å². The molecule has 0 unspecified atom stereocenters. The van der Waals surface area contributed by atoms with E-state index in [1.165, 1.54) is 6.20 Å². The fourth-order valence-electron chi connectivity index (χ4n) is 3.17. The van der Waals surface area contributed by atoms with Crippen LogP contribution in [0.2, 0.25) is 5.02 Å². The van der Waals surface area contributed by atoms with E-state index in [1.807, 2.05) is 19.1 Å². The van der Waals surface area contributed by atoms with Gasteiger partial charge in [-0.1, -0.05) is 29.8 Å². The first-order valence-electron chi connectivity index (χ1n) is 9.58. The second kappa shape index (κ2) is 8.93. The summed E-state index contributed by atoms with van der Waals surface area (Å²) in [6.07, 6.45) is 13.4. The molecule has 1 N–H and O–H groups in total. The summed E-state index contributed by atoms with van der Waals surface area (Å²) in [7, 11) is 0. The third kappa shape index (κ3) is 4.24. The van der Waals surface area contributed by atoms with Crippen LogP contribution in [0.4, 0.5) is 0 Å². The molecule has 4 aromatic rings. The van der Waals surface area contributed by atoms with Crippen molar-refractivity contribution < 1.29 is 4.79 Å². The van der Waals surface area contributed by atoms with Crippen molar-refractivity contribution in [1.82, 2.24) is 29.2 Å². The lowest BCUT2D eigenvalue weighted by molar-refractivity contribution is 0.0950. The molecule has 1 amide bonds. The molecule has 31 heavy (non-hydrogen) atoms. The number of rotatable bonds is 6. The molecule has 0 spiro atoms. The summed E-state index contributed by atoms with van der Waals surface area (Å²) in [4.78, 5) is 37.4. The molecule has 3 heterocycles. The number of benzene rings is 1. The topological polar surface area (TPSA) is 94.2 Å². The zero-order valence-corrected chi connectivity index (χ0v) is 17.5. The molecule has 0 aliphatic rings. The monoisotopic (exact) mass is 434 g/mol. The van der Waals surface area contributed by atoms with Gasteiger partial charge < -0.3 is 9.88 Å². The average molecular weight is 435 g/mol. The molecule has 0 aliphatic carbocycles. The van der Waals surface area contributed by atoms with Crippen LogP contribution in [0.5, 0.6) is 0 Å². The van der Waals surface area contributed by atoms with Gasteiger partial charge in [0.2, 0.25) is 0 Å². The zero-order chi connectivity index (χ0) is 21.8. The number of carbonyl (C=O) groups is 1. The molecule has 0 saturated carbocycles. The Kier molecular flexibility index (Phi) is 5.90. The van der Waals surface area contributed by atoms with E-state index in [4.69, 9.17) is 11.6 Å². The molecule has 0 radical (unpaired) electrons. The second-order valence-electron chi connectivity index (χ2n) is 6.76. The SMILES string of the molecule is C/C=C/Cn1cc(-c2ccc(C(=O)NCc3cnccn3)c(Cl)c2)n2cncc2c1=O. The van der Waals surface area contributed by atoms with E-state index in [-0.39, 0.29) is 18.0 Å². The first-order chi connectivity index (χ1) is 15.1. The van der Waals surface area contributed by atoms with Crippen LogP contribution in [0.3, 0.4) is 0 Å². The molecule has 0 bridgehead atoms. The zero-order valence-electron chi connectivity index (χ0n) is 16.7. The quantitative estimate of drug-likeness (QED) is 0.470. The maximum absolute atomic E-state index is 12.7. The molecule has 3 aromatic heterocycles. The minimum atomic E-state index is -0.312. The van der Waals surface area contributed by atoms with Crippen LogP contribution >= 0.6 is 11.6 Å². The van der Waals surface area contributed by atoms with Crippen LogP contribution in [0.1, 0.15) is 23.0 Å². The lowest BCUT2D eigenvalue weighted by Crippen LogP contribution is -2.23. The highest BCUT2D eigenvalue weighted by atomic mass is 35.5. The predicted molar refractivity (Wildman–Crippen MR) is 118 cm³/mol. The van der Waals surface area contributed by atoms with Crippen molar-refractivity contribution in [3.05, 3.63) is 94.3 Å². The Morgan fingerprint density at radius 3 is 2.84 bits per heavy atom. The highest BCUT2D eigenvalue weighted by Gasteiger charge is 2.15. The van der Waals surface area contributed by atoms with E-state index in [0.29, 0.717) is 28.3 Å². The van der Waals surface area contributed by atoms with E-state index in [2.05, 4.69) is 20.3 Å². The lowest BCUT2D eigenvalue weighted by Gasteiger charge is -2.12. The van der Waals surface area contributed by atoms with Crippen molar-refractivity contribution in [3.63, 3.8) is 0 Å². The van der Waals surface area contributed by atoms with Crippen molar-refractivity contribution in [2.75, 3.05) is 0 Å². The molecule has 0 atom stereocenters. The number of nitrogens with zero attached hydrogens (tertiary/aromatic N) is 5. The standard InChI is InChI=1S/C22H19ClN6O2/c1-2-3-8-28-13-20(29-14-25-12-19(29)22(28)31)15-4-5-17(18(23)9-15)21(30)27-11-16-10-24-6-7-26-16/h2-7,9-10,12-14H,8,11H2,1H3,(H,27,30)/b3-2+. The average Bonchev–Trinajstić information content (AvgIpc) is 3.28. The molecule has 9 heteroatoms. The van der Waals surface area contributed by atoms with Crippen LogP contribution in [-0.4, -0.2) is 29.8 Å². The molecule has 4 rings (SSSR count). The highest BCUT2D eigenvalue weighted by molar-refractivity contribution is 6.34. The summed E-state index contributed by atoms with van der Waals surface area (Å²) in [5, 5.41) is 3.09. The number of allylic oxidation sites excluding steroid dienone is 2. The smallest absolute Gasteiger partial charge is 0.276 e. The summed E-state index contributed by atoms with van der Waals surface area (Å²) >= 11 is 6.44. The van der Waals surface area contributed by atoms with Gasteiger partial charge in [0.1, 0.15) is 5.52 Å². The third-order valence-electron chi connectivity index (χ3n) is 4.75. The summed E-state index contributed by atoms with van der Waals surface area (Å²) < 4.78 is 3.33. The number of hydrogen-bond acceptors (Lipinski definition) is 5. The molecule has 1 aromatic carbocycles. The van der Waals surface area contributed by atoms with Gasteiger partial charge in [0.25, 0.3) is 11.5 Å². The van der Waals surface area contributed by atoms with Gasteiger partial charge in [-0.15, -0.1) is 0 Å². The molecule has 8 nitrogen and oxygen atoms in total. The Balaban J connectivity index is 1.65. The van der Waals surface area contributed by atoms with Crippen molar-refractivity contribution in [2.24, 2.45) is 0 Å². The van der Waals surface area contributed by atoms with Gasteiger partial charge in [-0.3, -0.25) is 24.0 Å². The maximum atomic E-state index is 12.7. The van der Waals surface area contributed by atoms with Crippen molar-refractivity contribution in [2.45, 2.75) is 20.0 Å². The summed E-state index contributed by atoms with van der Waals surface area (Å²) in [6, 6.07) is 5.16.